The molecule has 8 heteroatoms. The minimum Gasteiger partial charge on any atom is -0.465 e. The highest BCUT2D eigenvalue weighted by Crippen LogP contribution is 2.34. The molecule has 0 aliphatic carbocycles. The number of hydrogen-bond donors (Lipinski definition) is 1. The van der Waals surface area contributed by atoms with Gasteiger partial charge in [-0.1, -0.05) is 41.9 Å². The van der Waals surface area contributed by atoms with E-state index in [0.29, 0.717) is 5.69 Å². The van der Waals surface area contributed by atoms with Gasteiger partial charge in [-0.15, -0.1) is 0 Å². The van der Waals surface area contributed by atoms with E-state index in [9.17, 15) is 13.2 Å². The Kier molecular flexibility index (Phi) is 7.08. The number of nitrogens with one attached hydrogen (secondary N) is 1. The van der Waals surface area contributed by atoms with E-state index in [1.54, 1.807) is 6.07 Å². The number of benzene rings is 2. The summed E-state index contributed by atoms with van der Waals surface area (Å²) in [6, 6.07) is 12.7. The summed E-state index contributed by atoms with van der Waals surface area (Å²) in [5.41, 5.74) is 1.90. The van der Waals surface area contributed by atoms with Crippen molar-refractivity contribution in [1.29, 1.82) is 0 Å². The molecule has 1 N–H and O–H groups in total. The van der Waals surface area contributed by atoms with Crippen LogP contribution in [-0.4, -0.2) is 53.4 Å². The van der Waals surface area contributed by atoms with Crippen LogP contribution in [0.15, 0.2) is 47.4 Å². The number of carbonyl (C=O) groups excluding carboxylic acids is 1. The number of esters is 1. The third-order valence-corrected chi connectivity index (χ3v) is 8.77. The third-order valence-electron chi connectivity index (χ3n) is 6.56. The number of hydrogen-bond acceptors (Lipinski definition) is 5. The zero-order valence-electron chi connectivity index (χ0n) is 18.3. The Morgan fingerprint density at radius 1 is 1.09 bits per heavy atom. The maximum Gasteiger partial charge on any atom is 0.340 e. The van der Waals surface area contributed by atoms with Gasteiger partial charge in [0.25, 0.3) is 0 Å². The number of halogens is 1. The molecule has 172 valence electrons. The molecule has 2 aromatic rings. The van der Waals surface area contributed by atoms with Gasteiger partial charge >= 0.3 is 5.97 Å². The summed E-state index contributed by atoms with van der Waals surface area (Å²) in [6.07, 6.45) is 4.23. The molecule has 0 spiro atoms. The first kappa shape index (κ1) is 23.1. The average Bonchev–Trinajstić information content (AvgIpc) is 3.52. The number of methoxy groups -OCH3 is 1. The van der Waals surface area contributed by atoms with Crippen molar-refractivity contribution in [3.8, 4) is 0 Å². The predicted molar refractivity (Wildman–Crippen MR) is 125 cm³/mol. The van der Waals surface area contributed by atoms with Gasteiger partial charge in [0.1, 0.15) is 11.8 Å². The Labute approximate surface area is 195 Å². The standard InChI is InChI=1S/C24H29ClN2O4S/c1-31-24(28)19-15-23(20(25)16-21(19)26-11-5-6-12-26)32(29,30)17-22(27-13-7-8-14-27)18-9-3-2-4-10-18/h2-4,9-10,15-16,22H,5-8,11-14,17H2,1H3/p+1. The van der Waals surface area contributed by atoms with Gasteiger partial charge in [-0.3, -0.25) is 0 Å². The number of sulfone groups is 1. The topological polar surface area (TPSA) is 68.1 Å². The highest BCUT2D eigenvalue weighted by Gasteiger charge is 2.34. The molecule has 1 atom stereocenters. The van der Waals surface area contributed by atoms with Crippen LogP contribution in [0.3, 0.4) is 0 Å². The second-order valence-corrected chi connectivity index (χ2v) is 11.0. The van der Waals surface area contributed by atoms with E-state index in [1.807, 2.05) is 30.3 Å². The maximum absolute atomic E-state index is 13.6. The van der Waals surface area contributed by atoms with Crippen molar-refractivity contribution in [2.45, 2.75) is 36.6 Å². The van der Waals surface area contributed by atoms with Gasteiger partial charge in [-0.25, -0.2) is 13.2 Å². The summed E-state index contributed by atoms with van der Waals surface area (Å²) in [6.45, 7) is 3.51. The van der Waals surface area contributed by atoms with E-state index < -0.39 is 15.8 Å². The lowest BCUT2D eigenvalue weighted by atomic mass is 10.1. The van der Waals surface area contributed by atoms with Gasteiger partial charge < -0.3 is 14.5 Å². The number of likely N-dealkylation sites (tertiary alicyclic amines) is 1. The first-order chi connectivity index (χ1) is 15.4. The van der Waals surface area contributed by atoms with Crippen LogP contribution in [0, 0.1) is 0 Å². The first-order valence-corrected chi connectivity index (χ1v) is 13.2. The molecule has 0 amide bonds. The van der Waals surface area contributed by atoms with Crippen molar-refractivity contribution in [3.63, 3.8) is 0 Å². The summed E-state index contributed by atoms with van der Waals surface area (Å²) >= 11 is 6.54. The highest BCUT2D eigenvalue weighted by molar-refractivity contribution is 7.91. The van der Waals surface area contributed by atoms with Gasteiger partial charge in [0.15, 0.2) is 9.84 Å². The minimum atomic E-state index is -3.76. The van der Waals surface area contributed by atoms with Crippen LogP contribution in [0.5, 0.6) is 0 Å². The summed E-state index contributed by atoms with van der Waals surface area (Å²) in [5, 5.41) is 0.155. The smallest absolute Gasteiger partial charge is 0.340 e. The lowest BCUT2D eigenvalue weighted by molar-refractivity contribution is -0.917. The Morgan fingerprint density at radius 3 is 2.38 bits per heavy atom. The predicted octanol–water partition coefficient (Wildman–Crippen LogP) is 2.92. The van der Waals surface area contributed by atoms with Crippen molar-refractivity contribution < 1.29 is 22.8 Å². The second-order valence-electron chi connectivity index (χ2n) is 8.60. The fraction of sp³-hybridized carbons (Fsp3) is 0.458. The summed E-state index contributed by atoms with van der Waals surface area (Å²) < 4.78 is 32.2. The number of rotatable bonds is 7. The van der Waals surface area contributed by atoms with Crippen LogP contribution >= 0.6 is 11.6 Å². The quantitative estimate of drug-likeness (QED) is 0.621. The Bertz CT molecular complexity index is 1060. The van der Waals surface area contributed by atoms with Crippen molar-refractivity contribution in [2.75, 3.05) is 43.9 Å². The number of carbonyl (C=O) groups is 1. The molecule has 2 aromatic carbocycles. The lowest BCUT2D eigenvalue weighted by Crippen LogP contribution is -3.10. The minimum absolute atomic E-state index is 0.00189. The second kappa shape index (κ2) is 9.81. The zero-order chi connectivity index (χ0) is 22.7. The zero-order valence-corrected chi connectivity index (χ0v) is 19.9. The monoisotopic (exact) mass is 477 g/mol. The Balaban J connectivity index is 1.72. The largest absolute Gasteiger partial charge is 0.465 e. The van der Waals surface area contributed by atoms with Gasteiger partial charge in [0, 0.05) is 31.5 Å². The fourth-order valence-corrected chi connectivity index (χ4v) is 7.11. The number of ether oxygens (including phenoxy) is 1. The van der Waals surface area contributed by atoms with Crippen LogP contribution < -0.4 is 9.80 Å². The summed E-state index contributed by atoms with van der Waals surface area (Å²) in [5.74, 6) is -0.611. The molecule has 0 radical (unpaired) electrons. The van der Waals surface area contributed by atoms with Crippen molar-refractivity contribution >= 4 is 33.1 Å². The van der Waals surface area contributed by atoms with Crippen LogP contribution in [-0.2, 0) is 14.6 Å². The molecule has 0 aromatic heterocycles. The van der Waals surface area contributed by atoms with E-state index in [-0.39, 0.29) is 27.3 Å². The van der Waals surface area contributed by atoms with Gasteiger partial charge in [-0.05, 0) is 25.0 Å². The average molecular weight is 478 g/mol. The molecule has 2 aliphatic rings. The van der Waals surface area contributed by atoms with Crippen molar-refractivity contribution in [2.24, 2.45) is 0 Å². The molecule has 0 bridgehead atoms. The molecule has 2 saturated heterocycles. The van der Waals surface area contributed by atoms with E-state index in [4.69, 9.17) is 16.3 Å². The normalized spacial score (nSPS) is 18.1. The van der Waals surface area contributed by atoms with Crippen molar-refractivity contribution in [3.05, 3.63) is 58.6 Å². The number of anilines is 1. The van der Waals surface area contributed by atoms with E-state index in [1.165, 1.54) is 18.1 Å². The molecule has 2 fully saturated rings. The van der Waals surface area contributed by atoms with E-state index in [2.05, 4.69) is 4.90 Å². The molecule has 1 unspecified atom stereocenters. The lowest BCUT2D eigenvalue weighted by Gasteiger charge is -2.26. The molecule has 6 nitrogen and oxygen atoms in total. The summed E-state index contributed by atoms with van der Waals surface area (Å²) in [7, 11) is -2.45. The molecule has 0 saturated carbocycles. The van der Waals surface area contributed by atoms with Crippen molar-refractivity contribution in [1.82, 2.24) is 0 Å². The van der Waals surface area contributed by atoms with Crippen LogP contribution in [0.2, 0.25) is 5.02 Å². The molecule has 2 heterocycles. The molecule has 4 rings (SSSR count). The molecular formula is C24H30ClN2O4S+. The van der Waals surface area contributed by atoms with E-state index >= 15 is 0 Å². The van der Waals surface area contributed by atoms with Crippen LogP contribution in [0.4, 0.5) is 5.69 Å². The van der Waals surface area contributed by atoms with Gasteiger partial charge in [-0.2, -0.15) is 0 Å². The molecular weight excluding hydrogens is 448 g/mol. The van der Waals surface area contributed by atoms with Crippen LogP contribution in [0.1, 0.15) is 47.6 Å². The number of quaternary nitrogens is 1. The Morgan fingerprint density at radius 2 is 1.75 bits per heavy atom. The maximum atomic E-state index is 13.6. The highest BCUT2D eigenvalue weighted by atomic mass is 35.5. The van der Waals surface area contributed by atoms with Gasteiger partial charge in [0.2, 0.25) is 0 Å². The third kappa shape index (κ3) is 4.80. The number of nitrogens with zero attached hydrogens (tertiary/aromatic N) is 1. The fourth-order valence-electron chi connectivity index (χ4n) is 4.90. The molecule has 32 heavy (non-hydrogen) atoms. The Hall–Kier alpha value is -2.09. The first-order valence-electron chi connectivity index (χ1n) is 11.2. The molecule has 2 aliphatic heterocycles. The van der Waals surface area contributed by atoms with Gasteiger partial charge in [0.05, 0.1) is 41.4 Å². The van der Waals surface area contributed by atoms with E-state index in [0.717, 1.165) is 57.4 Å². The SMILES string of the molecule is COC(=O)c1cc(S(=O)(=O)CC(c2ccccc2)[NH+]2CCCC2)c(Cl)cc1N1CCCC1. The summed E-state index contributed by atoms with van der Waals surface area (Å²) in [4.78, 5) is 15.9. The van der Waals surface area contributed by atoms with Crippen LogP contribution in [0.25, 0.3) is 0 Å².